The average molecular weight is 1040 g/mol. The van der Waals surface area contributed by atoms with E-state index in [-0.39, 0.29) is 49.0 Å². The average Bonchev–Trinajstić information content (AvgIpc) is 4.25. The minimum absolute atomic E-state index is 0.0516. The molecule has 0 fully saturated rings. The Morgan fingerprint density at radius 1 is 0.500 bits per heavy atom. The molecule has 0 aromatic carbocycles. The van der Waals surface area contributed by atoms with Crippen LogP contribution in [-0.4, -0.2) is 103 Å². The normalized spacial score (nSPS) is 11.2. The van der Waals surface area contributed by atoms with Crippen molar-refractivity contribution in [2.24, 2.45) is 0 Å². The molecule has 0 aliphatic carbocycles. The quantitative estimate of drug-likeness (QED) is 0.145. The van der Waals surface area contributed by atoms with E-state index in [1.165, 1.54) is 106 Å². The van der Waals surface area contributed by atoms with Crippen molar-refractivity contribution in [1.29, 1.82) is 0 Å². The van der Waals surface area contributed by atoms with E-state index in [0.717, 1.165) is 12.3 Å². The van der Waals surface area contributed by atoms with Crippen molar-refractivity contribution in [3.63, 3.8) is 0 Å². The monoisotopic (exact) mass is 1030 g/mol. The molecule has 3 amide bonds. The number of anilines is 3. The van der Waals surface area contributed by atoms with Gasteiger partial charge in [0.1, 0.15) is 32.6 Å². The molecule has 0 radical (unpaired) electrons. The lowest BCUT2D eigenvalue weighted by atomic mass is 10.3. The number of aromatic nitrogens is 11. The number of furan rings is 1. The number of rotatable bonds is 13. The molecule has 9 rings (SSSR count). The second-order valence-corrected chi connectivity index (χ2v) is 19.6. The molecule has 9 aromatic heterocycles. The maximum absolute atomic E-state index is 12.6. The van der Waals surface area contributed by atoms with Crippen molar-refractivity contribution in [3.8, 4) is 5.88 Å². The molecule has 0 saturated carbocycles. The molecule has 28 heteroatoms. The van der Waals surface area contributed by atoms with Gasteiger partial charge in [0.25, 0.3) is 37.8 Å². The summed E-state index contributed by atoms with van der Waals surface area (Å²) in [5, 5.41) is 18.8. The van der Waals surface area contributed by atoms with Crippen LogP contribution in [-0.2, 0) is 30.1 Å². The first-order valence-electron chi connectivity index (χ1n) is 20.5. The molecule has 25 nitrogen and oxygen atoms in total. The number of nitrogens with one attached hydrogen (secondary N) is 3. The summed E-state index contributed by atoms with van der Waals surface area (Å²) < 4.78 is 87.0. The third kappa shape index (κ3) is 12.1. The lowest BCUT2D eigenvalue weighted by Crippen LogP contribution is -2.16. The van der Waals surface area contributed by atoms with Crippen LogP contribution in [0.4, 0.5) is 17.1 Å². The molecule has 72 heavy (non-hydrogen) atoms. The van der Waals surface area contributed by atoms with E-state index in [0.29, 0.717) is 17.3 Å². The number of methoxy groups -OCH3 is 1. The van der Waals surface area contributed by atoms with Gasteiger partial charge in [0.2, 0.25) is 11.0 Å². The Labute approximate surface area is 409 Å². The SMILES string of the molecule is COc1ccc(S(=O)(=O)n2cc(NC(=O)c3ccccn3)cn2)cn1.Cc1ccc(S(=O)(=O)n2cc(NC(=O)c3ccccn3)cn2)o1.Cc1ncccc1S(=O)(=O)n1cc(NC(=O)c2ccccn2)cn1. The van der Waals surface area contributed by atoms with E-state index < -0.39 is 47.8 Å². The standard InChI is InChI=1S/C15H13N5O4S.C15H13N5O3S.C14H12N4O4S/c1-24-14-6-5-12(9-17-14)25(22,23)20-10-11(8-18-20)19-15(21)13-4-2-3-7-16-13;1-11-14(6-4-8-16-11)24(22,23)20-10-12(9-18-20)19-15(21)13-5-2-3-7-17-13;1-10-5-6-13(22-10)23(20,21)18-9-11(8-16-18)17-14(19)12-4-2-3-7-15-12/h2-10H,1H3,(H,19,21);2-10H,1H3,(H,19,21);2-9H,1H3,(H,17,19). The summed E-state index contributed by atoms with van der Waals surface area (Å²) in [7, 11) is -10.3. The second kappa shape index (κ2) is 22.0. The first kappa shape index (κ1) is 50.6. The Hall–Kier alpha value is -9.28. The molecular weight excluding hydrogens is 997 g/mol. The summed E-state index contributed by atoms with van der Waals surface area (Å²) >= 11 is 0. The Morgan fingerprint density at radius 3 is 1.35 bits per heavy atom. The summed E-state index contributed by atoms with van der Waals surface area (Å²) in [5.74, 6) is -0.618. The first-order valence-corrected chi connectivity index (χ1v) is 24.8. The van der Waals surface area contributed by atoms with Crippen LogP contribution in [0.1, 0.15) is 42.9 Å². The van der Waals surface area contributed by atoms with Crippen molar-refractivity contribution >= 4 is 64.9 Å². The van der Waals surface area contributed by atoms with Crippen molar-refractivity contribution in [3.05, 3.63) is 188 Å². The summed E-state index contributed by atoms with van der Waals surface area (Å²) in [6.45, 7) is 3.24. The second-order valence-electron chi connectivity index (χ2n) is 14.3. The minimum atomic E-state index is -3.93. The van der Waals surface area contributed by atoms with Crippen LogP contribution >= 0.6 is 0 Å². The topological polar surface area (TPSA) is 330 Å². The van der Waals surface area contributed by atoms with Crippen LogP contribution in [0.3, 0.4) is 0 Å². The van der Waals surface area contributed by atoms with Gasteiger partial charge < -0.3 is 25.1 Å². The highest BCUT2D eigenvalue weighted by atomic mass is 32.2. The van der Waals surface area contributed by atoms with Crippen LogP contribution < -0.4 is 20.7 Å². The van der Waals surface area contributed by atoms with Crippen molar-refractivity contribution in [1.82, 2.24) is 52.5 Å². The summed E-state index contributed by atoms with van der Waals surface area (Å²) in [4.78, 5) is 55.6. The zero-order valence-corrected chi connectivity index (χ0v) is 40.1. The fourth-order valence-corrected chi connectivity index (χ4v) is 9.26. The van der Waals surface area contributed by atoms with E-state index >= 15 is 0 Å². The predicted molar refractivity (Wildman–Crippen MR) is 254 cm³/mol. The van der Waals surface area contributed by atoms with Gasteiger partial charge in [0, 0.05) is 30.9 Å². The van der Waals surface area contributed by atoms with Crippen LogP contribution in [0, 0.1) is 13.8 Å². The molecule has 9 heterocycles. The molecule has 0 aliphatic rings. The van der Waals surface area contributed by atoms with Gasteiger partial charge in [0.05, 0.1) is 73.2 Å². The highest BCUT2D eigenvalue weighted by Crippen LogP contribution is 2.21. The Balaban J connectivity index is 0.000000159. The van der Waals surface area contributed by atoms with Gasteiger partial charge in [-0.25, -0.2) is 4.98 Å². The third-order valence-electron chi connectivity index (χ3n) is 9.31. The van der Waals surface area contributed by atoms with Crippen LogP contribution in [0.25, 0.3) is 0 Å². The molecular formula is C44H38N14O11S3. The highest BCUT2D eigenvalue weighted by molar-refractivity contribution is 7.90. The third-order valence-corrected chi connectivity index (χ3v) is 13.9. The maximum atomic E-state index is 12.6. The van der Waals surface area contributed by atoms with Crippen molar-refractivity contribution in [2.45, 2.75) is 28.7 Å². The summed E-state index contributed by atoms with van der Waals surface area (Å²) in [6, 6.07) is 23.4. The first-order chi connectivity index (χ1) is 34.4. The predicted octanol–water partition coefficient (Wildman–Crippen LogP) is 4.31. The maximum Gasteiger partial charge on any atom is 0.316 e. The van der Waals surface area contributed by atoms with Gasteiger partial charge in [-0.1, -0.05) is 18.2 Å². The number of aryl methyl sites for hydroxylation is 2. The van der Waals surface area contributed by atoms with Crippen LogP contribution in [0.5, 0.6) is 5.88 Å². The molecule has 368 valence electrons. The lowest BCUT2D eigenvalue weighted by Gasteiger charge is -2.06. The zero-order chi connectivity index (χ0) is 51.5. The summed E-state index contributed by atoms with van der Waals surface area (Å²) in [5.41, 5.74) is 1.70. The van der Waals surface area contributed by atoms with Gasteiger partial charge in [-0.05, 0) is 80.6 Å². The number of amides is 3. The molecule has 0 aliphatic heterocycles. The number of hydrogen-bond donors (Lipinski definition) is 3. The molecule has 9 aromatic rings. The number of carbonyl (C=O) groups excluding carboxylic acids is 3. The Morgan fingerprint density at radius 2 is 0.958 bits per heavy atom. The van der Waals surface area contributed by atoms with Gasteiger partial charge in [-0.2, -0.15) is 52.8 Å². The van der Waals surface area contributed by atoms with Crippen LogP contribution in [0.15, 0.2) is 178 Å². The molecule has 0 saturated heterocycles. The van der Waals surface area contributed by atoms with E-state index in [1.807, 2.05) is 0 Å². The van der Waals surface area contributed by atoms with Crippen LogP contribution in [0.2, 0.25) is 0 Å². The number of hydrogen-bond acceptors (Lipinski definition) is 19. The van der Waals surface area contributed by atoms with Gasteiger partial charge in [-0.15, -0.1) is 0 Å². The lowest BCUT2D eigenvalue weighted by molar-refractivity contribution is 0.101. The highest BCUT2D eigenvalue weighted by Gasteiger charge is 2.24. The molecule has 0 atom stereocenters. The number of nitrogens with zero attached hydrogens (tertiary/aromatic N) is 11. The molecule has 0 bridgehead atoms. The van der Waals surface area contributed by atoms with Gasteiger partial charge >= 0.3 is 10.0 Å². The smallest absolute Gasteiger partial charge is 0.316 e. The number of ether oxygens (including phenoxy) is 1. The van der Waals surface area contributed by atoms with E-state index in [4.69, 9.17) is 9.15 Å². The molecule has 0 spiro atoms. The Bertz CT molecular complexity index is 3680. The van der Waals surface area contributed by atoms with E-state index in [9.17, 15) is 39.6 Å². The van der Waals surface area contributed by atoms with Gasteiger partial charge in [0.15, 0.2) is 0 Å². The van der Waals surface area contributed by atoms with Crippen molar-refractivity contribution in [2.75, 3.05) is 23.1 Å². The van der Waals surface area contributed by atoms with Crippen molar-refractivity contribution < 1.29 is 48.8 Å². The zero-order valence-electron chi connectivity index (χ0n) is 37.6. The van der Waals surface area contributed by atoms with E-state index in [2.05, 4.69) is 56.2 Å². The summed E-state index contributed by atoms with van der Waals surface area (Å²) in [6.07, 6.45) is 14.5. The number of pyridine rings is 5. The number of carbonyl (C=O) groups is 3. The molecule has 3 N–H and O–H groups in total. The molecule has 0 unspecified atom stereocenters. The van der Waals surface area contributed by atoms with E-state index in [1.54, 1.807) is 74.5 Å². The fourth-order valence-electron chi connectivity index (χ4n) is 5.81. The minimum Gasteiger partial charge on any atom is -0.481 e. The largest absolute Gasteiger partial charge is 0.481 e. The fraction of sp³-hybridized carbons (Fsp3) is 0.0682. The van der Waals surface area contributed by atoms with Gasteiger partial charge in [-0.3, -0.25) is 34.3 Å². The Kier molecular flexibility index (Phi) is 15.5.